The van der Waals surface area contributed by atoms with E-state index in [0.717, 1.165) is 24.2 Å². The Hall–Kier alpha value is -1.09. The van der Waals surface area contributed by atoms with Crippen LogP contribution in [0.3, 0.4) is 0 Å². The lowest BCUT2D eigenvalue weighted by molar-refractivity contribution is 0.527. The molecule has 21 heavy (non-hydrogen) atoms. The number of anilines is 1. The summed E-state index contributed by atoms with van der Waals surface area (Å²) < 4.78 is 0. The minimum atomic E-state index is 0.314. The first-order valence-corrected chi connectivity index (χ1v) is 8.51. The topological polar surface area (TPSA) is 28.2 Å². The van der Waals surface area contributed by atoms with Crippen molar-refractivity contribution in [1.82, 2.24) is 10.3 Å². The molecule has 1 aromatic heterocycles. The number of rotatable bonds is 7. The predicted molar refractivity (Wildman–Crippen MR) is 90.8 cm³/mol. The third-order valence-electron chi connectivity index (χ3n) is 4.69. The van der Waals surface area contributed by atoms with Crippen LogP contribution < -0.4 is 10.2 Å². The molecule has 1 aromatic rings. The highest BCUT2D eigenvalue weighted by molar-refractivity contribution is 5.46. The maximum atomic E-state index is 4.66. The van der Waals surface area contributed by atoms with E-state index in [1.807, 2.05) is 7.05 Å². The van der Waals surface area contributed by atoms with Crippen LogP contribution in [-0.4, -0.2) is 24.6 Å². The average Bonchev–Trinajstić information content (AvgIpc) is 3.01. The van der Waals surface area contributed by atoms with E-state index in [0.29, 0.717) is 6.04 Å². The van der Waals surface area contributed by atoms with Gasteiger partial charge in [0.1, 0.15) is 0 Å². The van der Waals surface area contributed by atoms with E-state index >= 15 is 0 Å². The molecule has 1 heterocycles. The van der Waals surface area contributed by atoms with Crippen molar-refractivity contribution in [1.29, 1.82) is 0 Å². The summed E-state index contributed by atoms with van der Waals surface area (Å²) in [6.07, 6.45) is 8.77. The van der Waals surface area contributed by atoms with E-state index < -0.39 is 0 Å². The Bertz CT molecular complexity index is 407. The largest absolute Gasteiger partial charge is 0.367 e. The molecular weight excluding hydrogens is 258 g/mol. The zero-order chi connectivity index (χ0) is 15.2. The second kappa shape index (κ2) is 7.79. The zero-order valence-electron chi connectivity index (χ0n) is 14.1. The van der Waals surface area contributed by atoms with Crippen molar-refractivity contribution in [2.45, 2.75) is 65.0 Å². The molecule has 1 atom stereocenters. The molecule has 1 unspecified atom stereocenters. The SMILES string of the molecule is CNC(C)c1ccc(N(CCC(C)C)C2CCCC2)cn1. The Morgan fingerprint density at radius 1 is 1.24 bits per heavy atom. The molecule has 0 saturated heterocycles. The molecule has 1 N–H and O–H groups in total. The van der Waals surface area contributed by atoms with Crippen molar-refractivity contribution in [3.8, 4) is 0 Å². The molecule has 1 aliphatic rings. The van der Waals surface area contributed by atoms with Crippen LogP contribution in [-0.2, 0) is 0 Å². The normalized spacial score (nSPS) is 17.4. The first-order chi connectivity index (χ1) is 10.1. The smallest absolute Gasteiger partial charge is 0.0571 e. The number of hydrogen-bond donors (Lipinski definition) is 1. The standard InChI is InChI=1S/C18H31N3/c1-14(2)11-12-21(16-7-5-6-8-16)17-9-10-18(20-13-17)15(3)19-4/h9-10,13-16,19H,5-8,11-12H2,1-4H3. The number of pyridine rings is 1. The highest BCUT2D eigenvalue weighted by Crippen LogP contribution is 2.29. The van der Waals surface area contributed by atoms with E-state index in [1.54, 1.807) is 0 Å². The third kappa shape index (κ3) is 4.44. The number of nitrogens with one attached hydrogen (secondary N) is 1. The van der Waals surface area contributed by atoms with Crippen molar-refractivity contribution >= 4 is 5.69 Å². The summed E-state index contributed by atoms with van der Waals surface area (Å²) in [5.41, 5.74) is 2.42. The van der Waals surface area contributed by atoms with Crippen molar-refractivity contribution in [3.63, 3.8) is 0 Å². The minimum absolute atomic E-state index is 0.314. The van der Waals surface area contributed by atoms with Gasteiger partial charge in [0.05, 0.1) is 17.6 Å². The third-order valence-corrected chi connectivity index (χ3v) is 4.69. The molecule has 0 bridgehead atoms. The summed E-state index contributed by atoms with van der Waals surface area (Å²) in [7, 11) is 1.98. The van der Waals surface area contributed by atoms with E-state index in [9.17, 15) is 0 Å². The molecule has 0 radical (unpaired) electrons. The lowest BCUT2D eigenvalue weighted by Gasteiger charge is -2.32. The van der Waals surface area contributed by atoms with E-state index in [2.05, 4.69) is 54.3 Å². The maximum absolute atomic E-state index is 4.66. The van der Waals surface area contributed by atoms with Gasteiger partial charge in [-0.1, -0.05) is 26.7 Å². The summed E-state index contributed by atoms with van der Waals surface area (Å²) in [6, 6.07) is 5.47. The second-order valence-electron chi connectivity index (χ2n) is 6.77. The summed E-state index contributed by atoms with van der Waals surface area (Å²) in [5.74, 6) is 0.755. The molecule has 118 valence electrons. The molecule has 0 amide bonds. The van der Waals surface area contributed by atoms with Crippen LogP contribution in [0.15, 0.2) is 18.3 Å². The van der Waals surface area contributed by atoms with Gasteiger partial charge in [-0.25, -0.2) is 0 Å². The average molecular weight is 289 g/mol. The first kappa shape index (κ1) is 16.3. The lowest BCUT2D eigenvalue weighted by Crippen LogP contribution is -2.34. The Kier molecular flexibility index (Phi) is 6.04. The van der Waals surface area contributed by atoms with Crippen LogP contribution in [0.25, 0.3) is 0 Å². The van der Waals surface area contributed by atoms with Gasteiger partial charge in [-0.15, -0.1) is 0 Å². The first-order valence-electron chi connectivity index (χ1n) is 8.51. The summed E-state index contributed by atoms with van der Waals surface area (Å²) in [6.45, 7) is 7.92. The van der Waals surface area contributed by atoms with Crippen LogP contribution in [0.4, 0.5) is 5.69 Å². The maximum Gasteiger partial charge on any atom is 0.0571 e. The van der Waals surface area contributed by atoms with Gasteiger partial charge in [-0.05, 0) is 51.3 Å². The van der Waals surface area contributed by atoms with E-state index in [-0.39, 0.29) is 0 Å². The Morgan fingerprint density at radius 2 is 1.95 bits per heavy atom. The van der Waals surface area contributed by atoms with Gasteiger partial charge in [-0.2, -0.15) is 0 Å². The number of nitrogens with zero attached hydrogens (tertiary/aromatic N) is 2. The van der Waals surface area contributed by atoms with Gasteiger partial charge in [0.2, 0.25) is 0 Å². The van der Waals surface area contributed by atoms with Crippen molar-refractivity contribution in [2.24, 2.45) is 5.92 Å². The molecule has 0 spiro atoms. The molecule has 3 heteroatoms. The molecule has 1 fully saturated rings. The number of hydrogen-bond acceptors (Lipinski definition) is 3. The van der Waals surface area contributed by atoms with Gasteiger partial charge < -0.3 is 10.2 Å². The highest BCUT2D eigenvalue weighted by Gasteiger charge is 2.23. The quantitative estimate of drug-likeness (QED) is 0.817. The predicted octanol–water partition coefficient (Wildman–Crippen LogP) is 4.16. The van der Waals surface area contributed by atoms with Gasteiger partial charge in [0, 0.05) is 18.6 Å². The lowest BCUT2D eigenvalue weighted by atomic mass is 10.1. The Labute approximate surface area is 130 Å². The molecule has 1 aliphatic carbocycles. The highest BCUT2D eigenvalue weighted by atomic mass is 15.2. The van der Waals surface area contributed by atoms with Crippen LogP contribution in [0.5, 0.6) is 0 Å². The minimum Gasteiger partial charge on any atom is -0.367 e. The van der Waals surface area contributed by atoms with Crippen molar-refractivity contribution in [3.05, 3.63) is 24.0 Å². The summed E-state index contributed by atoms with van der Waals surface area (Å²) >= 11 is 0. The molecule has 0 aliphatic heterocycles. The molecule has 3 nitrogen and oxygen atoms in total. The van der Waals surface area contributed by atoms with E-state index in [1.165, 1.54) is 37.8 Å². The molecular formula is C18H31N3. The fourth-order valence-corrected chi connectivity index (χ4v) is 3.11. The van der Waals surface area contributed by atoms with Crippen molar-refractivity contribution < 1.29 is 0 Å². The van der Waals surface area contributed by atoms with Gasteiger partial charge in [0.15, 0.2) is 0 Å². The zero-order valence-corrected chi connectivity index (χ0v) is 14.1. The summed E-state index contributed by atoms with van der Waals surface area (Å²) in [5, 5.41) is 3.25. The van der Waals surface area contributed by atoms with Crippen molar-refractivity contribution in [2.75, 3.05) is 18.5 Å². The van der Waals surface area contributed by atoms with Crippen LogP contribution in [0.1, 0.15) is 64.6 Å². The molecule has 2 rings (SSSR count). The van der Waals surface area contributed by atoms with Crippen LogP contribution in [0.2, 0.25) is 0 Å². The Morgan fingerprint density at radius 3 is 2.48 bits per heavy atom. The van der Waals surface area contributed by atoms with Crippen LogP contribution >= 0.6 is 0 Å². The van der Waals surface area contributed by atoms with Gasteiger partial charge >= 0.3 is 0 Å². The number of aromatic nitrogens is 1. The van der Waals surface area contributed by atoms with Gasteiger partial charge in [-0.3, -0.25) is 4.98 Å². The molecule has 0 aromatic carbocycles. The monoisotopic (exact) mass is 289 g/mol. The fourth-order valence-electron chi connectivity index (χ4n) is 3.11. The van der Waals surface area contributed by atoms with Crippen LogP contribution in [0, 0.1) is 5.92 Å². The Balaban J connectivity index is 2.11. The fraction of sp³-hybridized carbons (Fsp3) is 0.722. The second-order valence-corrected chi connectivity index (χ2v) is 6.77. The van der Waals surface area contributed by atoms with Gasteiger partial charge in [0.25, 0.3) is 0 Å². The summed E-state index contributed by atoms with van der Waals surface area (Å²) in [4.78, 5) is 7.27. The van der Waals surface area contributed by atoms with E-state index in [4.69, 9.17) is 0 Å². The molecule has 1 saturated carbocycles.